The molecule has 1 aliphatic rings. The van der Waals surface area contributed by atoms with E-state index in [0.717, 1.165) is 30.7 Å². The zero-order chi connectivity index (χ0) is 11.5. The third kappa shape index (κ3) is 2.63. The van der Waals surface area contributed by atoms with Gasteiger partial charge in [-0.05, 0) is 37.2 Å². The molecule has 1 aliphatic carbocycles. The van der Waals surface area contributed by atoms with Gasteiger partial charge in [0.05, 0.1) is 0 Å². The predicted molar refractivity (Wildman–Crippen MR) is 65.1 cm³/mol. The van der Waals surface area contributed by atoms with E-state index in [-0.39, 0.29) is 11.8 Å². The van der Waals surface area contributed by atoms with Gasteiger partial charge in [0, 0.05) is 18.0 Å². The van der Waals surface area contributed by atoms with E-state index >= 15 is 0 Å². The van der Waals surface area contributed by atoms with Crippen molar-refractivity contribution in [1.29, 1.82) is 0 Å². The van der Waals surface area contributed by atoms with Crippen LogP contribution in [0.3, 0.4) is 0 Å². The Morgan fingerprint density at radius 1 is 1.44 bits per heavy atom. The van der Waals surface area contributed by atoms with Crippen LogP contribution in [-0.2, 0) is 4.79 Å². The molecule has 0 atom stereocenters. The van der Waals surface area contributed by atoms with Gasteiger partial charge in [0.15, 0.2) is 0 Å². The van der Waals surface area contributed by atoms with E-state index < -0.39 is 0 Å². The van der Waals surface area contributed by atoms with Gasteiger partial charge < -0.3 is 16.8 Å². The van der Waals surface area contributed by atoms with Gasteiger partial charge in [-0.15, -0.1) is 0 Å². The van der Waals surface area contributed by atoms with E-state index in [2.05, 4.69) is 9.69 Å². The van der Waals surface area contributed by atoms with Crippen LogP contribution < -0.4 is 16.8 Å². The minimum Gasteiger partial charge on any atom is -0.383 e. The van der Waals surface area contributed by atoms with E-state index in [1.807, 2.05) is 6.07 Å². The quantitative estimate of drug-likeness (QED) is 0.739. The molecule has 1 aromatic heterocycles. The fraction of sp³-hybridized carbons (Fsp3) is 0.600. The second-order valence-electron chi connectivity index (χ2n) is 4.21. The second kappa shape index (κ2) is 4.69. The molecule has 2 rings (SSSR count). The Kier molecular flexibility index (Phi) is 3.28. The van der Waals surface area contributed by atoms with Crippen molar-refractivity contribution >= 4 is 28.3 Å². The first-order chi connectivity index (χ1) is 7.65. The number of hydrogen-bond acceptors (Lipinski definition) is 5. The molecule has 1 fully saturated rings. The Morgan fingerprint density at radius 3 is 2.62 bits per heavy atom. The van der Waals surface area contributed by atoms with Gasteiger partial charge in [-0.1, -0.05) is 0 Å². The fourth-order valence-corrected chi connectivity index (χ4v) is 2.73. The largest absolute Gasteiger partial charge is 0.383 e. The van der Waals surface area contributed by atoms with Crippen LogP contribution in [0.25, 0.3) is 0 Å². The Labute approximate surface area is 98.4 Å². The van der Waals surface area contributed by atoms with Crippen LogP contribution in [0.15, 0.2) is 6.07 Å². The summed E-state index contributed by atoms with van der Waals surface area (Å²) >= 11 is 1.37. The van der Waals surface area contributed by atoms with Gasteiger partial charge in [-0.25, -0.2) is 0 Å². The zero-order valence-electron chi connectivity index (χ0n) is 8.98. The molecule has 1 aromatic rings. The Balaban J connectivity index is 1.83. The molecule has 0 aliphatic heterocycles. The lowest BCUT2D eigenvalue weighted by Gasteiger charge is -2.27. The van der Waals surface area contributed by atoms with E-state index in [9.17, 15) is 4.79 Å². The predicted octanol–water partition coefficient (Wildman–Crippen LogP) is 1.18. The Hall–Kier alpha value is -1.30. The third-order valence-electron chi connectivity index (χ3n) is 3.00. The van der Waals surface area contributed by atoms with Gasteiger partial charge in [0.25, 0.3) is 0 Å². The third-order valence-corrected chi connectivity index (χ3v) is 3.74. The first kappa shape index (κ1) is 11.2. The van der Waals surface area contributed by atoms with Crippen molar-refractivity contribution in [2.45, 2.75) is 31.7 Å². The molecule has 0 aromatic carbocycles. The molecule has 0 bridgehead atoms. The molecule has 1 amide bonds. The molecular formula is C10H16N4OS. The second-order valence-corrected chi connectivity index (χ2v) is 5.02. The number of nitrogens with two attached hydrogens (primary N) is 2. The van der Waals surface area contributed by atoms with Crippen molar-refractivity contribution in [2.24, 2.45) is 11.7 Å². The summed E-state index contributed by atoms with van der Waals surface area (Å²) in [5, 5.41) is 4.39. The standard InChI is InChI=1S/C10H16N4OS/c11-8-5-9(16-14-8)13-7-3-1-6(2-4-7)10(12)15/h5-7,13H,1-4H2,(H2,11,14)(H2,12,15). The van der Waals surface area contributed by atoms with Crippen molar-refractivity contribution in [3.05, 3.63) is 6.07 Å². The molecule has 0 unspecified atom stereocenters. The number of aromatic nitrogens is 1. The summed E-state index contributed by atoms with van der Waals surface area (Å²) < 4.78 is 4.01. The molecule has 6 heteroatoms. The van der Waals surface area contributed by atoms with E-state index in [4.69, 9.17) is 11.5 Å². The van der Waals surface area contributed by atoms with Crippen molar-refractivity contribution in [1.82, 2.24) is 4.37 Å². The molecule has 0 radical (unpaired) electrons. The molecule has 0 saturated heterocycles. The Morgan fingerprint density at radius 2 is 2.12 bits per heavy atom. The number of nitrogen functional groups attached to an aromatic ring is 1. The van der Waals surface area contributed by atoms with Crippen molar-refractivity contribution in [2.75, 3.05) is 11.1 Å². The summed E-state index contributed by atoms with van der Waals surface area (Å²) in [6.07, 6.45) is 3.71. The molecule has 5 nitrogen and oxygen atoms in total. The summed E-state index contributed by atoms with van der Waals surface area (Å²) in [5.41, 5.74) is 10.8. The van der Waals surface area contributed by atoms with Crippen LogP contribution in [0.1, 0.15) is 25.7 Å². The molecule has 16 heavy (non-hydrogen) atoms. The lowest BCUT2D eigenvalue weighted by Crippen LogP contribution is -2.32. The maximum absolute atomic E-state index is 11.0. The van der Waals surface area contributed by atoms with E-state index in [0.29, 0.717) is 11.9 Å². The fourth-order valence-electron chi connectivity index (χ4n) is 2.08. The van der Waals surface area contributed by atoms with Gasteiger partial charge >= 0.3 is 0 Å². The van der Waals surface area contributed by atoms with Crippen LogP contribution in [0.4, 0.5) is 10.8 Å². The van der Waals surface area contributed by atoms with Crippen LogP contribution in [0, 0.1) is 5.92 Å². The van der Waals surface area contributed by atoms with Crippen molar-refractivity contribution in [3.8, 4) is 0 Å². The van der Waals surface area contributed by atoms with Crippen LogP contribution >= 0.6 is 11.5 Å². The smallest absolute Gasteiger partial charge is 0.220 e. The molecule has 88 valence electrons. The summed E-state index contributed by atoms with van der Waals surface area (Å²) in [5.74, 6) is 0.448. The highest BCUT2D eigenvalue weighted by molar-refractivity contribution is 7.10. The zero-order valence-corrected chi connectivity index (χ0v) is 9.80. The Bertz CT molecular complexity index is 371. The van der Waals surface area contributed by atoms with Gasteiger partial charge in [-0.2, -0.15) is 4.37 Å². The van der Waals surface area contributed by atoms with Gasteiger partial charge in [0.1, 0.15) is 10.8 Å². The van der Waals surface area contributed by atoms with Gasteiger partial charge in [-0.3, -0.25) is 4.79 Å². The number of carbonyl (C=O) groups is 1. The maximum Gasteiger partial charge on any atom is 0.220 e. The molecule has 5 N–H and O–H groups in total. The number of rotatable bonds is 3. The highest BCUT2D eigenvalue weighted by Gasteiger charge is 2.24. The summed E-state index contributed by atoms with van der Waals surface area (Å²) in [4.78, 5) is 11.0. The molecule has 1 saturated carbocycles. The molecular weight excluding hydrogens is 224 g/mol. The number of nitrogens with zero attached hydrogens (tertiary/aromatic N) is 1. The van der Waals surface area contributed by atoms with Crippen LogP contribution in [0.2, 0.25) is 0 Å². The van der Waals surface area contributed by atoms with E-state index in [1.165, 1.54) is 11.5 Å². The maximum atomic E-state index is 11.0. The summed E-state index contributed by atoms with van der Waals surface area (Å²) in [6, 6.07) is 2.25. The lowest BCUT2D eigenvalue weighted by molar-refractivity contribution is -0.122. The number of primary amides is 1. The monoisotopic (exact) mass is 240 g/mol. The minimum atomic E-state index is -0.166. The summed E-state index contributed by atoms with van der Waals surface area (Å²) in [6.45, 7) is 0. The minimum absolute atomic E-state index is 0.0598. The lowest BCUT2D eigenvalue weighted by atomic mass is 9.86. The number of hydrogen-bond donors (Lipinski definition) is 3. The van der Waals surface area contributed by atoms with Crippen molar-refractivity contribution in [3.63, 3.8) is 0 Å². The average Bonchev–Trinajstić information content (AvgIpc) is 2.65. The van der Waals surface area contributed by atoms with Crippen molar-refractivity contribution < 1.29 is 4.79 Å². The van der Waals surface area contributed by atoms with Crippen LogP contribution in [0.5, 0.6) is 0 Å². The first-order valence-electron chi connectivity index (χ1n) is 5.43. The molecule has 0 spiro atoms. The molecule has 1 heterocycles. The van der Waals surface area contributed by atoms with Crippen LogP contribution in [-0.4, -0.2) is 16.3 Å². The average molecular weight is 240 g/mol. The number of anilines is 2. The SMILES string of the molecule is NC(=O)C1CCC(Nc2cc(N)ns2)CC1. The number of nitrogens with one attached hydrogen (secondary N) is 1. The van der Waals surface area contributed by atoms with E-state index in [1.54, 1.807) is 0 Å². The normalized spacial score (nSPS) is 25.2. The highest BCUT2D eigenvalue weighted by atomic mass is 32.1. The first-order valence-corrected chi connectivity index (χ1v) is 6.20. The van der Waals surface area contributed by atoms with Gasteiger partial charge in [0.2, 0.25) is 5.91 Å². The topological polar surface area (TPSA) is 94.0 Å². The summed E-state index contributed by atoms with van der Waals surface area (Å²) in [7, 11) is 0. The number of carbonyl (C=O) groups excluding carboxylic acids is 1. The highest BCUT2D eigenvalue weighted by Crippen LogP contribution is 2.28. The number of amides is 1.